The molecule has 3 rings (SSSR count). The number of benzene rings is 1. The van der Waals surface area contributed by atoms with E-state index in [4.69, 9.17) is 4.74 Å². The molecule has 1 aliphatic rings. The number of hydrogen-bond donors (Lipinski definition) is 2. The van der Waals surface area contributed by atoms with Crippen LogP contribution >= 0.6 is 15.9 Å². The molecule has 29 heavy (non-hydrogen) atoms. The maximum absolute atomic E-state index is 12.6. The first kappa shape index (κ1) is 21.3. The van der Waals surface area contributed by atoms with Crippen molar-refractivity contribution >= 4 is 33.6 Å². The van der Waals surface area contributed by atoms with E-state index in [2.05, 4.69) is 31.5 Å². The number of carbonyl (C=O) groups is 2. The molecule has 0 spiro atoms. The van der Waals surface area contributed by atoms with Crippen molar-refractivity contribution in [3.63, 3.8) is 0 Å². The van der Waals surface area contributed by atoms with Gasteiger partial charge in [0, 0.05) is 23.8 Å². The molecule has 0 saturated carbocycles. The Kier molecular flexibility index (Phi) is 7.60. The van der Waals surface area contributed by atoms with Crippen LogP contribution in [0, 0.1) is 5.92 Å². The standard InChI is InChI=1S/C21H25BrN4O3/c1-29-18-6-2-4-15(10-18)11-24-20(27)14-26-9-3-5-16(13-26)21(28)25-19-8-7-17(22)12-23-19/h2,4,6-8,10,12,16H,3,5,9,11,13-14H2,1H3,(H,24,27)(H,23,25,28). The summed E-state index contributed by atoms with van der Waals surface area (Å²) in [6.07, 6.45) is 3.34. The first-order valence-electron chi connectivity index (χ1n) is 9.58. The molecule has 8 heteroatoms. The fourth-order valence-electron chi connectivity index (χ4n) is 3.33. The Balaban J connectivity index is 1.46. The van der Waals surface area contributed by atoms with Crippen molar-refractivity contribution in [1.29, 1.82) is 0 Å². The lowest BCUT2D eigenvalue weighted by atomic mass is 9.97. The second kappa shape index (κ2) is 10.4. The average molecular weight is 461 g/mol. The number of nitrogens with one attached hydrogen (secondary N) is 2. The number of anilines is 1. The molecule has 2 N–H and O–H groups in total. The molecular formula is C21H25BrN4O3. The Labute approximate surface area is 179 Å². The van der Waals surface area contributed by atoms with Crippen molar-refractivity contribution < 1.29 is 14.3 Å². The zero-order valence-electron chi connectivity index (χ0n) is 16.4. The maximum atomic E-state index is 12.6. The van der Waals surface area contributed by atoms with Gasteiger partial charge in [0.25, 0.3) is 0 Å². The van der Waals surface area contributed by atoms with Gasteiger partial charge in [0.15, 0.2) is 0 Å². The van der Waals surface area contributed by atoms with Crippen molar-refractivity contribution in [3.05, 3.63) is 52.6 Å². The van der Waals surface area contributed by atoms with Gasteiger partial charge < -0.3 is 15.4 Å². The van der Waals surface area contributed by atoms with E-state index >= 15 is 0 Å². The highest BCUT2D eigenvalue weighted by Gasteiger charge is 2.27. The van der Waals surface area contributed by atoms with Crippen LogP contribution < -0.4 is 15.4 Å². The third kappa shape index (κ3) is 6.54. The van der Waals surface area contributed by atoms with E-state index in [-0.39, 0.29) is 24.3 Å². The molecule has 2 amide bonds. The zero-order chi connectivity index (χ0) is 20.6. The van der Waals surface area contributed by atoms with Gasteiger partial charge in [-0.25, -0.2) is 4.98 Å². The predicted octanol–water partition coefficient (Wildman–Crippen LogP) is 2.82. The summed E-state index contributed by atoms with van der Waals surface area (Å²) >= 11 is 3.33. The quantitative estimate of drug-likeness (QED) is 0.663. The van der Waals surface area contributed by atoms with Crippen LogP contribution in [0.15, 0.2) is 47.1 Å². The van der Waals surface area contributed by atoms with Gasteiger partial charge in [-0.2, -0.15) is 0 Å². The van der Waals surface area contributed by atoms with Crippen LogP contribution in [0.5, 0.6) is 5.75 Å². The van der Waals surface area contributed by atoms with Crippen molar-refractivity contribution in [3.8, 4) is 5.75 Å². The highest BCUT2D eigenvalue weighted by atomic mass is 79.9. The molecule has 1 aromatic heterocycles. The normalized spacial score (nSPS) is 16.8. The first-order chi connectivity index (χ1) is 14.0. The van der Waals surface area contributed by atoms with E-state index in [1.165, 1.54) is 0 Å². The van der Waals surface area contributed by atoms with Crippen LogP contribution in [0.3, 0.4) is 0 Å². The van der Waals surface area contributed by atoms with Gasteiger partial charge in [0.1, 0.15) is 11.6 Å². The summed E-state index contributed by atoms with van der Waals surface area (Å²) in [5, 5.41) is 5.80. The smallest absolute Gasteiger partial charge is 0.234 e. The molecule has 0 aliphatic carbocycles. The highest BCUT2D eigenvalue weighted by Crippen LogP contribution is 2.19. The van der Waals surface area contributed by atoms with Crippen LogP contribution in [-0.4, -0.2) is 48.4 Å². The number of pyridine rings is 1. The van der Waals surface area contributed by atoms with Gasteiger partial charge in [-0.1, -0.05) is 12.1 Å². The number of carbonyl (C=O) groups excluding carboxylic acids is 2. The van der Waals surface area contributed by atoms with Crippen LogP contribution in [0.2, 0.25) is 0 Å². The second-order valence-electron chi connectivity index (χ2n) is 7.05. The zero-order valence-corrected chi connectivity index (χ0v) is 17.9. The molecule has 0 bridgehead atoms. The van der Waals surface area contributed by atoms with E-state index in [9.17, 15) is 9.59 Å². The number of amides is 2. The lowest BCUT2D eigenvalue weighted by Gasteiger charge is -2.31. The van der Waals surface area contributed by atoms with Crippen molar-refractivity contribution in [2.45, 2.75) is 19.4 Å². The number of hydrogen-bond acceptors (Lipinski definition) is 5. The minimum absolute atomic E-state index is 0.0524. The fourth-order valence-corrected chi connectivity index (χ4v) is 3.57. The number of aromatic nitrogens is 1. The summed E-state index contributed by atoms with van der Waals surface area (Å²) in [6.45, 7) is 2.11. The van der Waals surface area contributed by atoms with E-state index in [1.54, 1.807) is 19.4 Å². The molecular weight excluding hydrogens is 436 g/mol. The van der Waals surface area contributed by atoms with E-state index in [0.717, 1.165) is 35.2 Å². The molecule has 2 heterocycles. The molecule has 154 valence electrons. The molecule has 1 saturated heterocycles. The van der Waals surface area contributed by atoms with Gasteiger partial charge in [-0.05, 0) is 65.1 Å². The van der Waals surface area contributed by atoms with Crippen LogP contribution in [-0.2, 0) is 16.1 Å². The van der Waals surface area contributed by atoms with Gasteiger partial charge in [0.2, 0.25) is 11.8 Å². The van der Waals surface area contributed by atoms with Crippen LogP contribution in [0.25, 0.3) is 0 Å². The lowest BCUT2D eigenvalue weighted by molar-refractivity contribution is -0.125. The molecule has 1 atom stereocenters. The minimum atomic E-state index is -0.152. The molecule has 0 radical (unpaired) electrons. The summed E-state index contributed by atoms with van der Waals surface area (Å²) in [5.41, 5.74) is 0.982. The summed E-state index contributed by atoms with van der Waals surface area (Å²) in [6, 6.07) is 11.2. The van der Waals surface area contributed by atoms with Gasteiger partial charge >= 0.3 is 0 Å². The minimum Gasteiger partial charge on any atom is -0.497 e. The van der Waals surface area contributed by atoms with Gasteiger partial charge in [-0.15, -0.1) is 0 Å². The SMILES string of the molecule is COc1cccc(CNC(=O)CN2CCCC(C(=O)Nc3ccc(Br)cn3)C2)c1. The van der Waals surface area contributed by atoms with Crippen LogP contribution in [0.1, 0.15) is 18.4 Å². The summed E-state index contributed by atoms with van der Waals surface area (Å²) in [4.78, 5) is 31.1. The Morgan fingerprint density at radius 1 is 1.31 bits per heavy atom. The number of halogens is 1. The summed E-state index contributed by atoms with van der Waals surface area (Å²) in [5.74, 6) is 1.04. The van der Waals surface area contributed by atoms with Crippen LogP contribution in [0.4, 0.5) is 5.82 Å². The Bertz CT molecular complexity index is 844. The fraction of sp³-hybridized carbons (Fsp3) is 0.381. The number of piperidine rings is 1. The Morgan fingerprint density at radius 3 is 2.93 bits per heavy atom. The number of nitrogens with zero attached hydrogens (tertiary/aromatic N) is 2. The maximum Gasteiger partial charge on any atom is 0.234 e. The summed E-state index contributed by atoms with van der Waals surface area (Å²) in [7, 11) is 1.62. The molecule has 1 fully saturated rings. The number of rotatable bonds is 7. The Morgan fingerprint density at radius 2 is 2.17 bits per heavy atom. The van der Waals surface area contributed by atoms with Gasteiger partial charge in [0.05, 0.1) is 19.6 Å². The highest BCUT2D eigenvalue weighted by molar-refractivity contribution is 9.10. The van der Waals surface area contributed by atoms with Crippen molar-refractivity contribution in [1.82, 2.24) is 15.2 Å². The van der Waals surface area contributed by atoms with Crippen molar-refractivity contribution in [2.24, 2.45) is 5.92 Å². The third-order valence-corrected chi connectivity index (χ3v) is 5.32. The topological polar surface area (TPSA) is 83.6 Å². The van der Waals surface area contributed by atoms with E-state index in [0.29, 0.717) is 18.9 Å². The largest absolute Gasteiger partial charge is 0.497 e. The second-order valence-corrected chi connectivity index (χ2v) is 7.97. The molecule has 1 unspecified atom stereocenters. The molecule has 1 aliphatic heterocycles. The molecule has 2 aromatic rings. The van der Waals surface area contributed by atoms with Gasteiger partial charge in [-0.3, -0.25) is 14.5 Å². The Hall–Kier alpha value is -2.45. The number of methoxy groups -OCH3 is 1. The number of likely N-dealkylation sites (tertiary alicyclic amines) is 1. The predicted molar refractivity (Wildman–Crippen MR) is 115 cm³/mol. The third-order valence-electron chi connectivity index (χ3n) is 4.85. The van der Waals surface area contributed by atoms with Crippen molar-refractivity contribution in [2.75, 3.05) is 32.1 Å². The monoisotopic (exact) mass is 460 g/mol. The molecule has 7 nitrogen and oxygen atoms in total. The average Bonchev–Trinajstić information content (AvgIpc) is 2.74. The van der Waals surface area contributed by atoms with E-state index in [1.807, 2.05) is 35.2 Å². The van der Waals surface area contributed by atoms with E-state index < -0.39 is 0 Å². The summed E-state index contributed by atoms with van der Waals surface area (Å²) < 4.78 is 6.06. The molecule has 1 aromatic carbocycles. The first-order valence-corrected chi connectivity index (χ1v) is 10.4. The number of ether oxygens (including phenoxy) is 1. The lowest BCUT2D eigenvalue weighted by Crippen LogP contribution is -2.45.